The van der Waals surface area contributed by atoms with Gasteiger partial charge in [0.25, 0.3) is 0 Å². The Morgan fingerprint density at radius 1 is 1.43 bits per heavy atom. The minimum absolute atomic E-state index is 0.310. The summed E-state index contributed by atoms with van der Waals surface area (Å²) in [6, 6.07) is 0.484. The van der Waals surface area contributed by atoms with Crippen LogP contribution >= 0.6 is 0 Å². The van der Waals surface area contributed by atoms with E-state index in [0.29, 0.717) is 12.4 Å². The van der Waals surface area contributed by atoms with E-state index >= 15 is 0 Å². The van der Waals surface area contributed by atoms with Crippen LogP contribution in [0.1, 0.15) is 10.4 Å². The maximum atomic E-state index is 13.4. The second-order valence-corrected chi connectivity index (χ2v) is 3.99. The van der Waals surface area contributed by atoms with Crippen LogP contribution in [0.15, 0.2) is 17.1 Å². The van der Waals surface area contributed by atoms with Gasteiger partial charge in [0, 0.05) is 6.20 Å². The summed E-state index contributed by atoms with van der Waals surface area (Å²) >= 11 is 0. The molecule has 9 heteroatoms. The first kappa shape index (κ1) is 14.4. The maximum Gasteiger partial charge on any atom is 0.341 e. The maximum absolute atomic E-state index is 13.4. The SMILES string of the molecule is O=CCNn1cc(C(=O)O)c(=O)c2cc(F)c(F)c(O)c21. The first-order valence-corrected chi connectivity index (χ1v) is 5.55. The van der Waals surface area contributed by atoms with E-state index in [1.54, 1.807) is 0 Å². The quantitative estimate of drug-likeness (QED) is 0.706. The van der Waals surface area contributed by atoms with Crippen molar-refractivity contribution in [2.75, 3.05) is 12.0 Å². The molecule has 0 aliphatic heterocycles. The first-order valence-electron chi connectivity index (χ1n) is 5.55. The fourth-order valence-corrected chi connectivity index (χ4v) is 1.83. The summed E-state index contributed by atoms with van der Waals surface area (Å²) in [7, 11) is 0. The number of aromatic carboxylic acids is 1. The number of carbonyl (C=O) groups excluding carboxylic acids is 1. The number of benzene rings is 1. The largest absolute Gasteiger partial charge is 0.503 e. The van der Waals surface area contributed by atoms with Crippen LogP contribution < -0.4 is 10.9 Å². The molecule has 0 fully saturated rings. The number of carbonyl (C=O) groups is 2. The van der Waals surface area contributed by atoms with Gasteiger partial charge in [0.2, 0.25) is 11.2 Å². The van der Waals surface area contributed by atoms with Crippen LogP contribution in [0, 0.1) is 11.6 Å². The number of hydrogen-bond acceptors (Lipinski definition) is 5. The van der Waals surface area contributed by atoms with Gasteiger partial charge in [0.1, 0.15) is 17.4 Å². The zero-order valence-corrected chi connectivity index (χ0v) is 10.3. The van der Waals surface area contributed by atoms with Gasteiger partial charge in [-0.2, -0.15) is 4.39 Å². The van der Waals surface area contributed by atoms with Crippen molar-refractivity contribution in [1.82, 2.24) is 4.68 Å². The van der Waals surface area contributed by atoms with Gasteiger partial charge in [-0.25, -0.2) is 9.18 Å². The number of aromatic nitrogens is 1. The number of nitrogens with one attached hydrogen (secondary N) is 1. The highest BCUT2D eigenvalue weighted by Gasteiger charge is 2.21. The molecule has 0 aliphatic carbocycles. The molecule has 0 amide bonds. The van der Waals surface area contributed by atoms with Gasteiger partial charge < -0.3 is 20.4 Å². The molecule has 0 atom stereocenters. The van der Waals surface area contributed by atoms with Crippen molar-refractivity contribution in [3.8, 4) is 5.75 Å². The Morgan fingerprint density at radius 3 is 2.67 bits per heavy atom. The highest BCUT2D eigenvalue weighted by Crippen LogP contribution is 2.28. The smallest absolute Gasteiger partial charge is 0.341 e. The Hall–Kier alpha value is -2.97. The second-order valence-electron chi connectivity index (χ2n) is 3.99. The Kier molecular flexibility index (Phi) is 3.57. The summed E-state index contributed by atoms with van der Waals surface area (Å²) in [4.78, 5) is 33.3. The molecule has 1 aromatic heterocycles. The Morgan fingerprint density at radius 2 is 2.10 bits per heavy atom. The predicted octanol–water partition coefficient (Wildman–Crippen LogP) is 0.426. The predicted molar refractivity (Wildman–Crippen MR) is 67.0 cm³/mol. The molecule has 0 saturated carbocycles. The van der Waals surface area contributed by atoms with Crippen LogP contribution in [0.4, 0.5) is 8.78 Å². The fourth-order valence-electron chi connectivity index (χ4n) is 1.83. The van der Waals surface area contributed by atoms with E-state index in [4.69, 9.17) is 5.11 Å². The number of carboxylic acid groups (broad SMARTS) is 1. The number of aldehydes is 1. The normalized spacial score (nSPS) is 10.6. The summed E-state index contributed by atoms with van der Waals surface area (Å²) in [6.07, 6.45) is 1.19. The number of hydrogen-bond donors (Lipinski definition) is 3. The van der Waals surface area contributed by atoms with Crippen LogP contribution in [0.2, 0.25) is 0 Å². The van der Waals surface area contributed by atoms with E-state index in [-0.39, 0.29) is 6.54 Å². The highest BCUT2D eigenvalue weighted by atomic mass is 19.2. The third kappa shape index (κ3) is 2.29. The third-order valence-corrected chi connectivity index (χ3v) is 2.73. The zero-order chi connectivity index (χ0) is 15.7. The molecular weight excluding hydrogens is 290 g/mol. The molecule has 0 spiro atoms. The van der Waals surface area contributed by atoms with Crippen LogP contribution in [0.25, 0.3) is 10.9 Å². The lowest BCUT2D eigenvalue weighted by molar-refractivity contribution is -0.106. The van der Waals surface area contributed by atoms with E-state index in [0.717, 1.165) is 10.9 Å². The Labute approximate surface area is 115 Å². The average Bonchev–Trinajstić information content (AvgIpc) is 2.44. The number of phenols is 1. The van der Waals surface area contributed by atoms with Crippen molar-refractivity contribution >= 4 is 23.2 Å². The van der Waals surface area contributed by atoms with E-state index in [1.165, 1.54) is 0 Å². The molecule has 0 aliphatic rings. The molecule has 0 bridgehead atoms. The van der Waals surface area contributed by atoms with Gasteiger partial charge in [0.05, 0.1) is 11.9 Å². The number of fused-ring (bicyclic) bond motifs is 1. The molecule has 1 aromatic carbocycles. The first-order chi connectivity index (χ1) is 9.88. The zero-order valence-electron chi connectivity index (χ0n) is 10.3. The molecule has 2 aromatic rings. The molecule has 3 N–H and O–H groups in total. The number of pyridine rings is 1. The fraction of sp³-hybridized carbons (Fsp3) is 0.0833. The molecule has 0 saturated heterocycles. The van der Waals surface area contributed by atoms with Crippen molar-refractivity contribution in [2.24, 2.45) is 0 Å². The van der Waals surface area contributed by atoms with Gasteiger partial charge in [-0.1, -0.05) is 0 Å². The number of carboxylic acids is 1. The van der Waals surface area contributed by atoms with E-state index in [1.807, 2.05) is 0 Å². The molecule has 2 rings (SSSR count). The molecule has 21 heavy (non-hydrogen) atoms. The number of phenolic OH excluding ortho intramolecular Hbond substituents is 1. The van der Waals surface area contributed by atoms with Crippen LogP contribution in [-0.4, -0.2) is 33.7 Å². The standard InChI is InChI=1S/C12H8F2N2O5/c13-7-3-5-9(11(19)8(7)14)16(15-1-2-17)4-6(10(5)18)12(20)21/h2-4,15,19H,1H2,(H,20,21). The van der Waals surface area contributed by atoms with Crippen molar-refractivity contribution in [3.05, 3.63) is 39.7 Å². The topological polar surface area (TPSA) is 109 Å². The Balaban J connectivity index is 2.95. The highest BCUT2D eigenvalue weighted by molar-refractivity contribution is 5.94. The summed E-state index contributed by atoms with van der Waals surface area (Å²) in [5.74, 6) is -5.85. The molecule has 1 heterocycles. The van der Waals surface area contributed by atoms with Gasteiger partial charge in [0.15, 0.2) is 11.6 Å². The van der Waals surface area contributed by atoms with Crippen molar-refractivity contribution in [1.29, 1.82) is 0 Å². The number of aromatic hydroxyl groups is 1. The van der Waals surface area contributed by atoms with Crippen LogP contribution in [-0.2, 0) is 4.79 Å². The Bertz CT molecular complexity index is 816. The van der Waals surface area contributed by atoms with Gasteiger partial charge in [-0.05, 0) is 6.07 Å². The molecule has 0 unspecified atom stereocenters. The number of halogens is 2. The van der Waals surface area contributed by atoms with Crippen LogP contribution in [0.3, 0.4) is 0 Å². The van der Waals surface area contributed by atoms with E-state index < -0.39 is 45.2 Å². The van der Waals surface area contributed by atoms with Gasteiger partial charge in [-0.15, -0.1) is 0 Å². The van der Waals surface area contributed by atoms with E-state index in [2.05, 4.69) is 5.43 Å². The lowest BCUT2D eigenvalue weighted by atomic mass is 10.1. The second kappa shape index (κ2) is 5.19. The monoisotopic (exact) mass is 298 g/mol. The molecule has 110 valence electrons. The summed E-state index contributed by atoms with van der Waals surface area (Å²) in [6.45, 7) is -0.310. The summed E-state index contributed by atoms with van der Waals surface area (Å²) in [5.41, 5.74) is 0.0603. The minimum atomic E-state index is -1.59. The lowest BCUT2D eigenvalue weighted by Crippen LogP contribution is -2.25. The minimum Gasteiger partial charge on any atom is -0.503 e. The van der Waals surface area contributed by atoms with E-state index in [9.17, 15) is 28.3 Å². The third-order valence-electron chi connectivity index (χ3n) is 2.73. The summed E-state index contributed by atoms with van der Waals surface area (Å²) in [5, 5.41) is 18.0. The van der Waals surface area contributed by atoms with Crippen molar-refractivity contribution < 1.29 is 28.6 Å². The van der Waals surface area contributed by atoms with Crippen LogP contribution in [0.5, 0.6) is 5.75 Å². The number of rotatable bonds is 4. The average molecular weight is 298 g/mol. The molecule has 0 radical (unpaired) electrons. The summed E-state index contributed by atoms with van der Waals surface area (Å²) < 4.78 is 27.5. The molecular formula is C12H8F2N2O5. The lowest BCUT2D eigenvalue weighted by Gasteiger charge is -2.14. The van der Waals surface area contributed by atoms with Crippen molar-refractivity contribution in [2.45, 2.75) is 0 Å². The van der Waals surface area contributed by atoms with Gasteiger partial charge in [-0.3, -0.25) is 9.47 Å². The molecule has 7 nitrogen and oxygen atoms in total. The number of nitrogens with zero attached hydrogens (tertiary/aromatic N) is 1. The van der Waals surface area contributed by atoms with Crippen molar-refractivity contribution in [3.63, 3.8) is 0 Å². The van der Waals surface area contributed by atoms with Gasteiger partial charge >= 0.3 is 5.97 Å².